The van der Waals surface area contributed by atoms with Crippen molar-refractivity contribution < 1.29 is 9.53 Å². The summed E-state index contributed by atoms with van der Waals surface area (Å²) in [5.41, 5.74) is 0. The van der Waals surface area contributed by atoms with Crippen molar-refractivity contribution >= 4 is 34.4 Å². The van der Waals surface area contributed by atoms with Crippen LogP contribution in [-0.4, -0.2) is 35.4 Å². The summed E-state index contributed by atoms with van der Waals surface area (Å²) < 4.78 is 5.90. The molecule has 0 heterocycles. The molecular weight excluding hydrogens is 292 g/mol. The largest absolute Gasteiger partial charge is 0.449 e. The van der Waals surface area contributed by atoms with Gasteiger partial charge in [0.25, 0.3) is 0 Å². The molecule has 4 nitrogen and oxygen atoms in total. The minimum Gasteiger partial charge on any atom is -0.449 e. The molecule has 1 fully saturated rings. The van der Waals surface area contributed by atoms with Gasteiger partial charge in [0.1, 0.15) is 10.9 Å². The molecule has 6 heteroatoms. The van der Waals surface area contributed by atoms with Crippen LogP contribution in [0.25, 0.3) is 0 Å². The summed E-state index contributed by atoms with van der Waals surface area (Å²) in [5.74, 6) is 0.708. The van der Waals surface area contributed by atoms with Crippen molar-refractivity contribution in [2.45, 2.75) is 57.9 Å². The van der Waals surface area contributed by atoms with Gasteiger partial charge in [0.2, 0.25) is 0 Å². The number of unbranched alkanes of at least 4 members (excludes halogenated alkanes) is 1. The van der Waals surface area contributed by atoms with E-state index in [0.717, 1.165) is 17.2 Å². The molecule has 1 saturated carbocycles. The average molecular weight is 319 g/mol. The maximum absolute atomic E-state index is 11.3. The van der Waals surface area contributed by atoms with Gasteiger partial charge in [-0.15, -0.1) is 0 Å². The first-order valence-corrected chi connectivity index (χ1v) is 8.95. The van der Waals surface area contributed by atoms with Crippen LogP contribution in [0.2, 0.25) is 0 Å². The summed E-state index contributed by atoms with van der Waals surface area (Å²) in [7, 11) is 0. The van der Waals surface area contributed by atoms with Gasteiger partial charge in [0.15, 0.2) is 0 Å². The van der Waals surface area contributed by atoms with Crippen molar-refractivity contribution in [3.05, 3.63) is 0 Å². The summed E-state index contributed by atoms with van der Waals surface area (Å²) in [6.07, 6.45) is 8.10. The first kappa shape index (κ1) is 17.6. The summed E-state index contributed by atoms with van der Waals surface area (Å²) >= 11 is 6.85. The Kier molecular flexibility index (Phi) is 9.83. The van der Waals surface area contributed by atoms with Crippen LogP contribution in [0.4, 0.5) is 4.79 Å². The number of rotatable bonds is 7. The van der Waals surface area contributed by atoms with E-state index in [1.165, 1.54) is 32.1 Å². The summed E-state index contributed by atoms with van der Waals surface area (Å²) in [6.45, 7) is 3.17. The Balaban J connectivity index is 1.97. The number of ether oxygens (including phenoxy) is 1. The Morgan fingerprint density at radius 1 is 1.35 bits per heavy atom. The van der Waals surface area contributed by atoms with Gasteiger partial charge in [-0.05, 0) is 19.3 Å². The first-order valence-electron chi connectivity index (χ1n) is 7.56. The molecule has 0 bridgehead atoms. The van der Waals surface area contributed by atoms with E-state index in [-0.39, 0.29) is 6.09 Å². The van der Waals surface area contributed by atoms with Gasteiger partial charge in [-0.2, -0.15) is 0 Å². The minimum absolute atomic E-state index is 0.329. The molecule has 20 heavy (non-hydrogen) atoms. The number of carbonyl (C=O) groups excluding carboxylic acids is 1. The van der Waals surface area contributed by atoms with Crippen molar-refractivity contribution in [2.75, 3.05) is 18.9 Å². The molecule has 1 aliphatic rings. The lowest BCUT2D eigenvalue weighted by Crippen LogP contribution is -2.34. The quantitative estimate of drug-likeness (QED) is 0.556. The predicted octanol–water partition coefficient (Wildman–Crippen LogP) is 3.45. The molecule has 0 saturated heterocycles. The highest BCUT2D eigenvalue weighted by molar-refractivity contribution is 8.22. The van der Waals surface area contributed by atoms with Gasteiger partial charge in [-0.25, -0.2) is 4.79 Å². The number of nitrogens with one attached hydrogen (secondary N) is 2. The molecule has 116 valence electrons. The van der Waals surface area contributed by atoms with E-state index in [1.54, 1.807) is 11.8 Å². The van der Waals surface area contributed by atoms with Crippen LogP contribution in [0.15, 0.2) is 0 Å². The second kappa shape index (κ2) is 11.2. The third-order valence-corrected chi connectivity index (χ3v) is 4.50. The van der Waals surface area contributed by atoms with Gasteiger partial charge in [0, 0.05) is 18.3 Å². The normalized spacial score (nSPS) is 15.7. The minimum atomic E-state index is -0.329. The van der Waals surface area contributed by atoms with E-state index < -0.39 is 0 Å². The standard InChI is InChI=1S/C14H26N2O2S2/c1-2-3-9-15-13(17)18-10-11-20-14(19)16-12-7-5-4-6-8-12/h12H,2-11H2,1H3,(H,15,17)(H,16,19). The molecule has 0 aromatic carbocycles. The van der Waals surface area contributed by atoms with Gasteiger partial charge in [-0.1, -0.05) is 56.6 Å². The third kappa shape index (κ3) is 8.64. The zero-order chi connectivity index (χ0) is 14.6. The molecule has 0 aromatic rings. The van der Waals surface area contributed by atoms with Crippen LogP contribution < -0.4 is 10.6 Å². The van der Waals surface area contributed by atoms with E-state index >= 15 is 0 Å². The first-order chi connectivity index (χ1) is 9.72. The van der Waals surface area contributed by atoms with Crippen molar-refractivity contribution in [2.24, 2.45) is 0 Å². The molecule has 2 N–H and O–H groups in total. The number of carbonyl (C=O) groups is 1. The van der Waals surface area contributed by atoms with Crippen LogP contribution >= 0.6 is 24.0 Å². The zero-order valence-corrected chi connectivity index (χ0v) is 13.9. The lowest BCUT2D eigenvalue weighted by molar-refractivity contribution is 0.153. The van der Waals surface area contributed by atoms with Crippen molar-refractivity contribution in [3.8, 4) is 0 Å². The van der Waals surface area contributed by atoms with Crippen LogP contribution in [0, 0.1) is 0 Å². The smallest absolute Gasteiger partial charge is 0.407 e. The summed E-state index contributed by atoms with van der Waals surface area (Å²) in [5, 5.41) is 6.11. The number of alkyl carbamates (subject to hydrolysis) is 1. The topological polar surface area (TPSA) is 50.4 Å². The lowest BCUT2D eigenvalue weighted by Gasteiger charge is -2.23. The molecule has 0 unspecified atom stereocenters. The highest BCUT2D eigenvalue weighted by Crippen LogP contribution is 2.18. The molecule has 0 spiro atoms. The molecule has 0 aliphatic heterocycles. The van der Waals surface area contributed by atoms with Crippen LogP contribution in [0.5, 0.6) is 0 Å². The number of hydrogen-bond donors (Lipinski definition) is 2. The van der Waals surface area contributed by atoms with Crippen LogP contribution in [0.3, 0.4) is 0 Å². The molecule has 1 rings (SSSR count). The number of thiocarbonyl (C=S) groups is 1. The Morgan fingerprint density at radius 2 is 2.10 bits per heavy atom. The average Bonchev–Trinajstić information content (AvgIpc) is 2.45. The molecule has 0 aromatic heterocycles. The number of thioether (sulfide) groups is 1. The van der Waals surface area contributed by atoms with E-state index in [2.05, 4.69) is 17.6 Å². The Morgan fingerprint density at radius 3 is 2.80 bits per heavy atom. The fraction of sp³-hybridized carbons (Fsp3) is 0.857. The monoisotopic (exact) mass is 318 g/mol. The van der Waals surface area contributed by atoms with Gasteiger partial charge in [0.05, 0.1) is 0 Å². The summed E-state index contributed by atoms with van der Waals surface area (Å²) in [4.78, 5) is 11.3. The Labute approximate surface area is 131 Å². The van der Waals surface area contributed by atoms with Gasteiger partial charge < -0.3 is 15.4 Å². The molecule has 0 atom stereocenters. The molecular formula is C14H26N2O2S2. The third-order valence-electron chi connectivity index (χ3n) is 3.28. The van der Waals surface area contributed by atoms with E-state index in [4.69, 9.17) is 17.0 Å². The van der Waals surface area contributed by atoms with Crippen molar-refractivity contribution in [1.29, 1.82) is 0 Å². The molecule has 1 aliphatic carbocycles. The Hall–Kier alpha value is -0.490. The lowest BCUT2D eigenvalue weighted by atomic mass is 9.96. The van der Waals surface area contributed by atoms with E-state index in [0.29, 0.717) is 24.9 Å². The fourth-order valence-electron chi connectivity index (χ4n) is 2.14. The SMILES string of the molecule is CCCCNC(=O)OCCSC(=S)NC1CCCCC1. The highest BCUT2D eigenvalue weighted by atomic mass is 32.2. The van der Waals surface area contributed by atoms with Crippen LogP contribution in [0.1, 0.15) is 51.9 Å². The maximum atomic E-state index is 11.3. The number of hydrogen-bond acceptors (Lipinski definition) is 4. The van der Waals surface area contributed by atoms with Crippen molar-refractivity contribution in [3.63, 3.8) is 0 Å². The van der Waals surface area contributed by atoms with E-state index in [9.17, 15) is 4.79 Å². The van der Waals surface area contributed by atoms with Crippen LogP contribution in [-0.2, 0) is 4.74 Å². The zero-order valence-electron chi connectivity index (χ0n) is 12.3. The molecule has 1 amide bonds. The fourth-order valence-corrected chi connectivity index (χ4v) is 3.16. The second-order valence-electron chi connectivity index (χ2n) is 5.03. The second-order valence-corrected chi connectivity index (χ2v) is 6.80. The highest BCUT2D eigenvalue weighted by Gasteiger charge is 2.14. The maximum Gasteiger partial charge on any atom is 0.407 e. The Bertz CT molecular complexity index is 295. The van der Waals surface area contributed by atoms with Crippen molar-refractivity contribution in [1.82, 2.24) is 10.6 Å². The predicted molar refractivity (Wildman–Crippen MR) is 89.3 cm³/mol. The van der Waals surface area contributed by atoms with Gasteiger partial charge in [-0.3, -0.25) is 0 Å². The van der Waals surface area contributed by atoms with Gasteiger partial charge >= 0.3 is 6.09 Å². The molecule has 0 radical (unpaired) electrons. The summed E-state index contributed by atoms with van der Waals surface area (Å²) in [6, 6.07) is 0.544. The van der Waals surface area contributed by atoms with E-state index in [1.807, 2.05) is 0 Å². The number of amides is 1.